The van der Waals surface area contributed by atoms with E-state index >= 15 is 0 Å². The van der Waals surface area contributed by atoms with Gasteiger partial charge in [-0.3, -0.25) is 15.6 Å². The van der Waals surface area contributed by atoms with Crippen LogP contribution in [0.5, 0.6) is 5.75 Å². The molecule has 0 aliphatic heterocycles. The Labute approximate surface area is 164 Å². The summed E-state index contributed by atoms with van der Waals surface area (Å²) in [5, 5.41) is 5.20. The second-order valence-corrected chi connectivity index (χ2v) is 6.40. The van der Waals surface area contributed by atoms with Gasteiger partial charge < -0.3 is 4.74 Å². The van der Waals surface area contributed by atoms with Crippen LogP contribution in [0.4, 0.5) is 5.69 Å². The van der Waals surface area contributed by atoms with Gasteiger partial charge >= 0.3 is 0 Å². The van der Waals surface area contributed by atoms with Gasteiger partial charge in [0.05, 0.1) is 34.7 Å². The number of hydrazine groups is 1. The molecule has 0 spiro atoms. The number of benzene rings is 2. The number of hydrogen-bond acceptors (Lipinski definition) is 4. The predicted molar refractivity (Wildman–Crippen MR) is 103 cm³/mol. The molecule has 0 fully saturated rings. The quantitative estimate of drug-likeness (QED) is 0.602. The Hall–Kier alpha value is -2.41. The third-order valence-electron chi connectivity index (χ3n) is 3.44. The number of amides is 1. The Balaban J connectivity index is 1.81. The van der Waals surface area contributed by atoms with Gasteiger partial charge in [-0.15, -0.1) is 0 Å². The van der Waals surface area contributed by atoms with Crippen molar-refractivity contribution in [3.63, 3.8) is 0 Å². The molecule has 26 heavy (non-hydrogen) atoms. The van der Waals surface area contributed by atoms with Gasteiger partial charge in [0.1, 0.15) is 0 Å². The second kappa shape index (κ2) is 7.86. The molecular formula is C17H13Cl3N4O2. The summed E-state index contributed by atoms with van der Waals surface area (Å²) in [6.45, 7) is 0. The first kappa shape index (κ1) is 18.4. The molecule has 9 heteroatoms. The molecule has 0 aliphatic rings. The van der Waals surface area contributed by atoms with Crippen LogP contribution in [-0.4, -0.2) is 22.8 Å². The smallest absolute Gasteiger partial charge is 0.293 e. The maximum atomic E-state index is 12.5. The highest BCUT2D eigenvalue weighted by Gasteiger charge is 2.19. The van der Waals surface area contributed by atoms with Crippen LogP contribution < -0.4 is 15.6 Å². The van der Waals surface area contributed by atoms with Crippen molar-refractivity contribution in [1.82, 2.24) is 15.2 Å². The summed E-state index contributed by atoms with van der Waals surface area (Å²) in [7, 11) is 1.46. The van der Waals surface area contributed by atoms with E-state index in [2.05, 4.69) is 16.0 Å². The summed E-state index contributed by atoms with van der Waals surface area (Å²) >= 11 is 18.0. The summed E-state index contributed by atoms with van der Waals surface area (Å²) in [5.41, 5.74) is 6.40. The van der Waals surface area contributed by atoms with Gasteiger partial charge in [-0.2, -0.15) is 5.10 Å². The van der Waals surface area contributed by atoms with E-state index in [0.29, 0.717) is 16.5 Å². The third kappa shape index (κ3) is 3.88. The summed E-state index contributed by atoms with van der Waals surface area (Å²) in [4.78, 5) is 12.5. The van der Waals surface area contributed by atoms with Crippen LogP contribution >= 0.6 is 34.8 Å². The molecule has 1 amide bonds. The maximum Gasteiger partial charge on any atom is 0.293 e. The van der Waals surface area contributed by atoms with E-state index in [0.717, 1.165) is 5.69 Å². The van der Waals surface area contributed by atoms with Gasteiger partial charge in [0.2, 0.25) is 0 Å². The number of nitrogens with one attached hydrogen (secondary N) is 2. The van der Waals surface area contributed by atoms with Crippen molar-refractivity contribution in [3.05, 3.63) is 69.4 Å². The van der Waals surface area contributed by atoms with Crippen molar-refractivity contribution < 1.29 is 9.53 Å². The van der Waals surface area contributed by atoms with Gasteiger partial charge in [-0.1, -0.05) is 53.0 Å². The Morgan fingerprint density at radius 3 is 2.38 bits per heavy atom. The van der Waals surface area contributed by atoms with Crippen LogP contribution in [0.2, 0.25) is 15.1 Å². The summed E-state index contributed by atoms with van der Waals surface area (Å²) in [6.07, 6.45) is 1.62. The molecule has 0 bridgehead atoms. The lowest BCUT2D eigenvalue weighted by Gasteiger charge is -2.11. The van der Waals surface area contributed by atoms with E-state index in [4.69, 9.17) is 39.5 Å². The zero-order valence-electron chi connectivity index (χ0n) is 13.5. The average Bonchev–Trinajstić information content (AvgIpc) is 3.06. The van der Waals surface area contributed by atoms with Crippen LogP contribution in [0.1, 0.15) is 10.5 Å². The molecule has 2 N–H and O–H groups in total. The van der Waals surface area contributed by atoms with Crippen LogP contribution in [-0.2, 0) is 0 Å². The molecule has 0 aliphatic carbocycles. The minimum absolute atomic E-state index is 0.102. The van der Waals surface area contributed by atoms with E-state index in [1.54, 1.807) is 10.9 Å². The van der Waals surface area contributed by atoms with Crippen molar-refractivity contribution in [1.29, 1.82) is 0 Å². The lowest BCUT2D eigenvalue weighted by atomic mass is 10.3. The predicted octanol–water partition coefficient (Wildman–Crippen LogP) is 4.60. The Bertz CT molecular complexity index is 921. The molecule has 6 nitrogen and oxygen atoms in total. The molecule has 2 aromatic carbocycles. The summed E-state index contributed by atoms with van der Waals surface area (Å²) < 4.78 is 6.79. The monoisotopic (exact) mass is 410 g/mol. The summed E-state index contributed by atoms with van der Waals surface area (Å²) in [6, 6.07) is 12.4. The number of para-hydroxylation sites is 1. The standard InChI is InChI=1S/C17H13Cl3N4O2/c1-26-14-9-24(11-5-3-2-4-6-11)23-16(14)17(25)22-21-15-12(19)7-10(18)8-13(15)20/h2-9,21H,1H3,(H,22,25). The highest BCUT2D eigenvalue weighted by Crippen LogP contribution is 2.33. The lowest BCUT2D eigenvalue weighted by molar-refractivity contribution is 0.0954. The zero-order chi connectivity index (χ0) is 18.7. The van der Waals surface area contributed by atoms with E-state index in [9.17, 15) is 4.79 Å². The molecule has 0 atom stereocenters. The topological polar surface area (TPSA) is 68.2 Å². The molecular weight excluding hydrogens is 399 g/mol. The fourth-order valence-corrected chi connectivity index (χ4v) is 3.13. The first-order chi connectivity index (χ1) is 12.5. The number of ether oxygens (including phenoxy) is 1. The van der Waals surface area contributed by atoms with E-state index < -0.39 is 5.91 Å². The van der Waals surface area contributed by atoms with Crippen molar-refractivity contribution in [2.24, 2.45) is 0 Å². The van der Waals surface area contributed by atoms with Crippen molar-refractivity contribution in [3.8, 4) is 11.4 Å². The normalized spacial score (nSPS) is 10.5. The van der Waals surface area contributed by atoms with Crippen molar-refractivity contribution >= 4 is 46.4 Å². The van der Waals surface area contributed by atoms with E-state index in [1.807, 2.05) is 30.3 Å². The number of anilines is 1. The van der Waals surface area contributed by atoms with E-state index in [-0.39, 0.29) is 15.7 Å². The van der Waals surface area contributed by atoms with Crippen LogP contribution in [0.3, 0.4) is 0 Å². The fourth-order valence-electron chi connectivity index (χ4n) is 2.22. The van der Waals surface area contributed by atoms with Gasteiger partial charge in [-0.05, 0) is 24.3 Å². The molecule has 1 heterocycles. The molecule has 1 aromatic heterocycles. The largest absolute Gasteiger partial charge is 0.493 e. The zero-order valence-corrected chi connectivity index (χ0v) is 15.7. The van der Waals surface area contributed by atoms with Gasteiger partial charge in [0.25, 0.3) is 5.91 Å². The molecule has 0 saturated heterocycles. The SMILES string of the molecule is COc1cn(-c2ccccc2)nc1C(=O)NNc1c(Cl)cc(Cl)cc1Cl. The molecule has 3 rings (SSSR count). The number of aromatic nitrogens is 2. The van der Waals surface area contributed by atoms with Crippen molar-refractivity contribution in [2.75, 3.05) is 12.5 Å². The molecule has 3 aromatic rings. The first-order valence-corrected chi connectivity index (χ1v) is 8.53. The van der Waals surface area contributed by atoms with Gasteiger partial charge in [0.15, 0.2) is 11.4 Å². The molecule has 0 saturated carbocycles. The number of carbonyl (C=O) groups is 1. The fraction of sp³-hybridized carbons (Fsp3) is 0.0588. The number of methoxy groups -OCH3 is 1. The third-order valence-corrected chi connectivity index (χ3v) is 4.26. The lowest BCUT2D eigenvalue weighted by Crippen LogP contribution is -2.30. The molecule has 0 radical (unpaired) electrons. The Morgan fingerprint density at radius 1 is 1.12 bits per heavy atom. The minimum Gasteiger partial charge on any atom is -0.493 e. The maximum absolute atomic E-state index is 12.5. The molecule has 134 valence electrons. The Morgan fingerprint density at radius 2 is 1.77 bits per heavy atom. The number of nitrogens with zero attached hydrogens (tertiary/aromatic N) is 2. The highest BCUT2D eigenvalue weighted by atomic mass is 35.5. The van der Waals surface area contributed by atoms with Gasteiger partial charge in [-0.25, -0.2) is 4.68 Å². The highest BCUT2D eigenvalue weighted by molar-refractivity contribution is 6.41. The first-order valence-electron chi connectivity index (χ1n) is 7.39. The summed E-state index contributed by atoms with van der Waals surface area (Å²) in [5.74, 6) is -0.194. The van der Waals surface area contributed by atoms with Crippen LogP contribution in [0.15, 0.2) is 48.7 Å². The number of halogens is 3. The molecule has 0 unspecified atom stereocenters. The second-order valence-electron chi connectivity index (χ2n) is 5.15. The van der Waals surface area contributed by atoms with E-state index in [1.165, 1.54) is 19.2 Å². The minimum atomic E-state index is -0.515. The number of hydrogen-bond donors (Lipinski definition) is 2. The Kier molecular flexibility index (Phi) is 5.56. The van der Waals surface area contributed by atoms with Gasteiger partial charge in [0, 0.05) is 5.02 Å². The average molecular weight is 412 g/mol. The number of carbonyl (C=O) groups excluding carboxylic acids is 1. The van der Waals surface area contributed by atoms with Crippen LogP contribution in [0, 0.1) is 0 Å². The van der Waals surface area contributed by atoms with Crippen LogP contribution in [0.25, 0.3) is 5.69 Å². The van der Waals surface area contributed by atoms with Crippen molar-refractivity contribution in [2.45, 2.75) is 0 Å². The number of rotatable bonds is 5.